The van der Waals surface area contributed by atoms with E-state index in [-0.39, 0.29) is 9.93 Å². The fraction of sp³-hybridized carbons (Fsp3) is 0.667. The maximum atomic E-state index is 11.2. The Labute approximate surface area is 116 Å². The summed E-state index contributed by atoms with van der Waals surface area (Å²) < 4.78 is 30.1. The van der Waals surface area contributed by atoms with E-state index in [1.807, 2.05) is 0 Å². The van der Waals surface area contributed by atoms with Crippen LogP contribution in [0.1, 0.15) is 20.8 Å². The number of hydrogen-bond donors (Lipinski definition) is 1. The molecule has 1 rings (SSSR count). The molecule has 0 saturated heterocycles. The molecule has 0 spiro atoms. The molecule has 0 atom stereocenters. The second-order valence-corrected chi connectivity index (χ2v) is 12.6. The van der Waals surface area contributed by atoms with Gasteiger partial charge in [-0.3, -0.25) is 0 Å². The van der Waals surface area contributed by atoms with Crippen molar-refractivity contribution in [2.45, 2.75) is 50.3 Å². The van der Waals surface area contributed by atoms with Crippen LogP contribution in [-0.4, -0.2) is 27.9 Å². The predicted molar refractivity (Wildman–Crippen MR) is 79.0 cm³/mol. The Morgan fingerprint density at radius 3 is 2.37 bits per heavy atom. The van der Waals surface area contributed by atoms with Gasteiger partial charge in [0.15, 0.2) is 8.32 Å². The van der Waals surface area contributed by atoms with E-state index in [2.05, 4.69) is 33.9 Å². The largest absolute Gasteiger partial charge is 0.415 e. The molecule has 0 aliphatic heterocycles. The first-order chi connectivity index (χ1) is 8.43. The number of sulfonamides is 1. The molecule has 19 heavy (non-hydrogen) atoms. The summed E-state index contributed by atoms with van der Waals surface area (Å²) in [4.78, 5) is 0.139. The van der Waals surface area contributed by atoms with Crippen molar-refractivity contribution >= 4 is 18.3 Å². The summed E-state index contributed by atoms with van der Waals surface area (Å²) in [6.07, 6.45) is 3.24. The summed E-state index contributed by atoms with van der Waals surface area (Å²) in [7, 11) is -5.36. The second kappa shape index (κ2) is 5.39. The molecule has 5 nitrogen and oxygen atoms in total. The van der Waals surface area contributed by atoms with Crippen LogP contribution in [0.3, 0.4) is 0 Å². The lowest BCUT2D eigenvalue weighted by Gasteiger charge is -2.36. The topological polar surface area (TPSA) is 74.3 Å². The fourth-order valence-electron chi connectivity index (χ4n) is 1.35. The molecule has 0 saturated carbocycles. The molecule has 2 N–H and O–H groups in total. The molecule has 0 bridgehead atoms. The molecule has 1 aromatic rings. The Balaban J connectivity index is 2.58. The number of nitrogens with two attached hydrogens (primary N) is 1. The molecule has 0 aliphatic carbocycles. The van der Waals surface area contributed by atoms with Crippen molar-refractivity contribution in [2.75, 3.05) is 6.61 Å². The first-order valence-corrected chi connectivity index (χ1v) is 10.7. The lowest BCUT2D eigenvalue weighted by molar-refractivity contribution is 0.272. The van der Waals surface area contributed by atoms with Gasteiger partial charge in [-0.05, 0) is 24.2 Å². The summed E-state index contributed by atoms with van der Waals surface area (Å²) in [5.74, 6) is 0. The highest BCUT2D eigenvalue weighted by molar-refractivity contribution is 7.89. The molecular weight excluding hydrogens is 280 g/mol. The van der Waals surface area contributed by atoms with Gasteiger partial charge in [0.05, 0.1) is 11.5 Å². The molecular formula is C12H24N2O3SSi. The van der Waals surface area contributed by atoms with Gasteiger partial charge in [-0.1, -0.05) is 20.8 Å². The van der Waals surface area contributed by atoms with Crippen molar-refractivity contribution in [1.82, 2.24) is 4.57 Å². The van der Waals surface area contributed by atoms with Crippen LogP contribution < -0.4 is 5.14 Å². The van der Waals surface area contributed by atoms with Crippen molar-refractivity contribution in [3.63, 3.8) is 0 Å². The molecule has 0 aliphatic rings. The minimum absolute atomic E-state index is 0.139. The Kier molecular flexibility index (Phi) is 4.66. The highest BCUT2D eigenvalue weighted by atomic mass is 32.2. The van der Waals surface area contributed by atoms with E-state index >= 15 is 0 Å². The van der Waals surface area contributed by atoms with E-state index in [0.717, 1.165) is 0 Å². The van der Waals surface area contributed by atoms with Gasteiger partial charge in [0.25, 0.3) is 0 Å². The van der Waals surface area contributed by atoms with Gasteiger partial charge in [-0.25, -0.2) is 13.6 Å². The SMILES string of the molecule is CC(C)(C)[Si](C)(C)OCCn1ccc(S(N)(=O)=O)c1. The van der Waals surface area contributed by atoms with Crippen LogP contribution in [0, 0.1) is 0 Å². The average Bonchev–Trinajstić information content (AvgIpc) is 2.63. The zero-order valence-electron chi connectivity index (χ0n) is 12.3. The minimum atomic E-state index is -3.61. The number of aromatic nitrogens is 1. The van der Waals surface area contributed by atoms with Gasteiger partial charge >= 0.3 is 0 Å². The molecule has 1 aromatic heterocycles. The molecule has 0 aromatic carbocycles. The lowest BCUT2D eigenvalue weighted by Crippen LogP contribution is -2.41. The summed E-state index contributed by atoms with van der Waals surface area (Å²) in [5.41, 5.74) is 0. The van der Waals surface area contributed by atoms with Crippen LogP contribution in [0.15, 0.2) is 23.4 Å². The Hall–Kier alpha value is -0.633. The van der Waals surface area contributed by atoms with Crippen LogP contribution in [-0.2, 0) is 21.0 Å². The van der Waals surface area contributed by atoms with Crippen LogP contribution in [0.4, 0.5) is 0 Å². The normalized spacial score (nSPS) is 13.8. The number of rotatable bonds is 5. The van der Waals surface area contributed by atoms with E-state index in [0.29, 0.717) is 13.2 Å². The smallest absolute Gasteiger partial charge is 0.239 e. The van der Waals surface area contributed by atoms with Gasteiger partial charge in [-0.2, -0.15) is 0 Å². The highest BCUT2D eigenvalue weighted by Gasteiger charge is 2.36. The van der Waals surface area contributed by atoms with Crippen molar-refractivity contribution < 1.29 is 12.8 Å². The van der Waals surface area contributed by atoms with Crippen LogP contribution in [0.2, 0.25) is 18.1 Å². The van der Waals surface area contributed by atoms with Crippen molar-refractivity contribution in [2.24, 2.45) is 5.14 Å². The van der Waals surface area contributed by atoms with E-state index < -0.39 is 18.3 Å². The number of hydrogen-bond acceptors (Lipinski definition) is 3. The summed E-state index contributed by atoms with van der Waals surface area (Å²) in [5, 5.41) is 5.24. The number of nitrogens with zero attached hydrogens (tertiary/aromatic N) is 1. The van der Waals surface area contributed by atoms with E-state index in [1.54, 1.807) is 10.8 Å². The number of primary sulfonamides is 1. The van der Waals surface area contributed by atoms with E-state index in [1.165, 1.54) is 12.3 Å². The maximum absolute atomic E-state index is 11.2. The monoisotopic (exact) mass is 304 g/mol. The van der Waals surface area contributed by atoms with Gasteiger partial charge < -0.3 is 8.99 Å². The average molecular weight is 304 g/mol. The molecule has 0 fully saturated rings. The third-order valence-corrected chi connectivity index (χ3v) is 9.11. The van der Waals surface area contributed by atoms with Crippen LogP contribution >= 0.6 is 0 Å². The van der Waals surface area contributed by atoms with E-state index in [4.69, 9.17) is 9.56 Å². The first-order valence-electron chi connectivity index (χ1n) is 6.26. The third-order valence-electron chi connectivity index (χ3n) is 3.67. The predicted octanol–water partition coefficient (Wildman–Crippen LogP) is 2.16. The van der Waals surface area contributed by atoms with Crippen molar-refractivity contribution in [1.29, 1.82) is 0 Å². The van der Waals surface area contributed by atoms with Crippen LogP contribution in [0.5, 0.6) is 0 Å². The molecule has 0 amide bonds. The van der Waals surface area contributed by atoms with Crippen LogP contribution in [0.25, 0.3) is 0 Å². The van der Waals surface area contributed by atoms with Gasteiger partial charge in [0.1, 0.15) is 0 Å². The Bertz CT molecular complexity index is 529. The quantitative estimate of drug-likeness (QED) is 0.847. The van der Waals surface area contributed by atoms with Crippen molar-refractivity contribution in [3.8, 4) is 0 Å². The molecule has 110 valence electrons. The molecule has 0 unspecified atom stereocenters. The summed E-state index contributed by atoms with van der Waals surface area (Å²) in [6.45, 7) is 12.2. The molecule has 7 heteroatoms. The summed E-state index contributed by atoms with van der Waals surface area (Å²) >= 11 is 0. The zero-order valence-corrected chi connectivity index (χ0v) is 14.1. The zero-order chi connectivity index (χ0) is 14.9. The van der Waals surface area contributed by atoms with Gasteiger partial charge in [-0.15, -0.1) is 0 Å². The minimum Gasteiger partial charge on any atom is -0.415 e. The highest BCUT2D eigenvalue weighted by Crippen LogP contribution is 2.36. The van der Waals surface area contributed by atoms with Gasteiger partial charge in [0.2, 0.25) is 10.0 Å². The molecule has 1 heterocycles. The third kappa shape index (κ3) is 4.45. The fourth-order valence-corrected chi connectivity index (χ4v) is 2.92. The van der Waals surface area contributed by atoms with Gasteiger partial charge in [0, 0.05) is 18.9 Å². The lowest BCUT2D eigenvalue weighted by atomic mass is 10.2. The van der Waals surface area contributed by atoms with Crippen molar-refractivity contribution in [3.05, 3.63) is 18.5 Å². The second-order valence-electron chi connectivity index (χ2n) is 6.24. The Morgan fingerprint density at radius 2 is 1.95 bits per heavy atom. The summed E-state index contributed by atoms with van der Waals surface area (Å²) in [6, 6.07) is 1.50. The first kappa shape index (κ1) is 16.4. The molecule has 0 radical (unpaired) electrons. The standard InChI is InChI=1S/C12H24N2O3SSi/c1-12(2,3)19(4,5)17-9-8-14-7-6-11(10-14)18(13,15)16/h6-7,10H,8-9H2,1-5H3,(H2,13,15,16). The Morgan fingerprint density at radius 1 is 1.37 bits per heavy atom. The van der Waals surface area contributed by atoms with E-state index in [9.17, 15) is 8.42 Å². The maximum Gasteiger partial charge on any atom is 0.239 e.